The van der Waals surface area contributed by atoms with Crippen LogP contribution in [0.1, 0.15) is 57.4 Å². The first-order valence-corrected chi connectivity index (χ1v) is 19.2. The van der Waals surface area contributed by atoms with E-state index in [2.05, 4.69) is 10.4 Å². The third kappa shape index (κ3) is 5.09. The topological polar surface area (TPSA) is 135 Å². The van der Waals surface area contributed by atoms with Gasteiger partial charge in [-0.05, 0) is 81.2 Å². The Hall–Kier alpha value is -5.24. The number of nitrogens with zero attached hydrogens (tertiary/aromatic N) is 6. The lowest BCUT2D eigenvalue weighted by Gasteiger charge is -2.41. The zero-order valence-electron chi connectivity index (χ0n) is 28.9. The lowest BCUT2D eigenvalue weighted by Crippen LogP contribution is -2.52. The summed E-state index contributed by atoms with van der Waals surface area (Å²) >= 11 is 0. The fraction of sp³-hybridized carbons (Fsp3) is 0.368. The van der Waals surface area contributed by atoms with Gasteiger partial charge in [0.25, 0.3) is 10.0 Å². The van der Waals surface area contributed by atoms with E-state index in [1.165, 1.54) is 29.2 Å². The molecule has 0 radical (unpaired) electrons. The molecule has 0 unspecified atom stereocenters. The number of amides is 1. The predicted octanol–water partition coefficient (Wildman–Crippen LogP) is 5.69. The van der Waals surface area contributed by atoms with Crippen molar-refractivity contribution in [1.29, 1.82) is 0 Å². The molecular formula is C38H38FN7O5S. The Bertz CT molecular complexity index is 2560. The molecule has 52 heavy (non-hydrogen) atoms. The van der Waals surface area contributed by atoms with Crippen LogP contribution in [0.4, 0.5) is 4.39 Å². The average molecular weight is 724 g/mol. The molecule has 6 aromatic rings. The van der Waals surface area contributed by atoms with E-state index in [0.29, 0.717) is 65.6 Å². The number of ether oxygens (including phenoxy) is 1. The number of pyridine rings is 1. The molecule has 0 saturated heterocycles. The SMILES string of the molecule is Cn1cc(-c2c3c4c(ncc5c4n(c(=O)n5C)C4CCC(NC(=O)C5CC5)(CCCOc5ccc-3cc5)CC4)n2S(=O)(=O)c2ccccc2)c(F)n1. The van der Waals surface area contributed by atoms with Crippen LogP contribution in [0.3, 0.4) is 0 Å². The first-order chi connectivity index (χ1) is 25.1. The second-order valence-electron chi connectivity index (χ2n) is 14.5. The van der Waals surface area contributed by atoms with Crippen molar-refractivity contribution in [3.05, 3.63) is 83.4 Å². The lowest BCUT2D eigenvalue weighted by atomic mass is 9.76. The molecule has 4 aliphatic heterocycles. The fourth-order valence-electron chi connectivity index (χ4n) is 8.34. The van der Waals surface area contributed by atoms with Crippen LogP contribution in [0.15, 0.2) is 76.7 Å². The molecule has 268 valence electrons. The Balaban J connectivity index is 1.38. The summed E-state index contributed by atoms with van der Waals surface area (Å²) in [6.45, 7) is 0.442. The second kappa shape index (κ2) is 11.9. The summed E-state index contributed by atoms with van der Waals surface area (Å²) < 4.78 is 57.5. The van der Waals surface area contributed by atoms with Gasteiger partial charge in [-0.2, -0.15) is 4.39 Å². The van der Waals surface area contributed by atoms with Crippen LogP contribution in [-0.2, 0) is 28.9 Å². The Morgan fingerprint density at radius 2 is 1.73 bits per heavy atom. The van der Waals surface area contributed by atoms with Crippen LogP contribution < -0.4 is 15.7 Å². The van der Waals surface area contributed by atoms with Gasteiger partial charge >= 0.3 is 5.69 Å². The quantitative estimate of drug-likeness (QED) is 0.242. The molecule has 14 heteroatoms. The van der Waals surface area contributed by atoms with Gasteiger partial charge in [0.1, 0.15) is 5.75 Å². The fourth-order valence-corrected chi connectivity index (χ4v) is 9.84. The molecule has 2 aromatic carbocycles. The van der Waals surface area contributed by atoms with Gasteiger partial charge in [-0.15, -0.1) is 5.10 Å². The van der Waals surface area contributed by atoms with E-state index in [1.54, 1.807) is 41.4 Å². The van der Waals surface area contributed by atoms with Gasteiger partial charge in [0.2, 0.25) is 11.9 Å². The van der Waals surface area contributed by atoms with Crippen LogP contribution in [0.25, 0.3) is 44.5 Å². The van der Waals surface area contributed by atoms with Gasteiger partial charge in [0.15, 0.2) is 5.65 Å². The maximum absolute atomic E-state index is 16.0. The zero-order valence-corrected chi connectivity index (χ0v) is 29.7. The van der Waals surface area contributed by atoms with E-state index >= 15 is 4.39 Å². The lowest BCUT2D eigenvalue weighted by molar-refractivity contribution is -0.125. The molecule has 8 heterocycles. The Labute approximate surface area is 298 Å². The average Bonchev–Trinajstić information content (AvgIpc) is 3.80. The van der Waals surface area contributed by atoms with Crippen LogP contribution in [-0.4, -0.2) is 54.3 Å². The molecule has 1 N–H and O–H groups in total. The van der Waals surface area contributed by atoms with Crippen molar-refractivity contribution in [2.45, 2.75) is 67.8 Å². The summed E-state index contributed by atoms with van der Waals surface area (Å²) in [4.78, 5) is 32.2. The number of imidazole rings is 1. The van der Waals surface area contributed by atoms with Crippen molar-refractivity contribution in [3.63, 3.8) is 0 Å². The number of aromatic nitrogens is 6. The Morgan fingerprint density at radius 1 is 1.00 bits per heavy atom. The van der Waals surface area contributed by atoms with Crippen molar-refractivity contribution in [1.82, 2.24) is 33.2 Å². The number of nitrogens with one attached hydrogen (secondary N) is 1. The number of benzene rings is 2. The molecule has 1 amide bonds. The predicted molar refractivity (Wildman–Crippen MR) is 193 cm³/mol. The molecular weight excluding hydrogens is 686 g/mol. The summed E-state index contributed by atoms with van der Waals surface area (Å²) in [6.07, 6.45) is 8.85. The summed E-state index contributed by atoms with van der Waals surface area (Å²) in [6, 6.07) is 15.0. The monoisotopic (exact) mass is 723 g/mol. The van der Waals surface area contributed by atoms with Gasteiger partial charge in [0.05, 0.1) is 45.4 Å². The number of hydrogen-bond donors (Lipinski definition) is 1. The number of halogens is 1. The Morgan fingerprint density at radius 3 is 2.40 bits per heavy atom. The second-order valence-corrected chi connectivity index (χ2v) is 16.3. The van der Waals surface area contributed by atoms with E-state index < -0.39 is 21.5 Å². The minimum absolute atomic E-state index is 0.00430. The Kier molecular flexibility index (Phi) is 7.47. The van der Waals surface area contributed by atoms with Gasteiger partial charge in [0, 0.05) is 43.4 Å². The number of carbonyl (C=O) groups excluding carboxylic acids is 1. The molecule has 0 spiro atoms. The minimum atomic E-state index is -4.39. The van der Waals surface area contributed by atoms with Crippen LogP contribution in [0.2, 0.25) is 0 Å². The van der Waals surface area contributed by atoms with Crippen molar-refractivity contribution < 1.29 is 22.3 Å². The highest BCUT2D eigenvalue weighted by atomic mass is 32.2. The van der Waals surface area contributed by atoms with Crippen molar-refractivity contribution in [3.8, 4) is 28.1 Å². The van der Waals surface area contributed by atoms with Gasteiger partial charge in [-0.1, -0.05) is 30.3 Å². The minimum Gasteiger partial charge on any atom is -0.494 e. The first kappa shape index (κ1) is 32.7. The summed E-state index contributed by atoms with van der Waals surface area (Å²) in [5.41, 5.74) is 1.43. The smallest absolute Gasteiger partial charge is 0.329 e. The summed E-state index contributed by atoms with van der Waals surface area (Å²) in [5.74, 6) is -0.0700. The van der Waals surface area contributed by atoms with E-state index in [1.807, 2.05) is 24.3 Å². The molecule has 6 aliphatic rings. The van der Waals surface area contributed by atoms with Crippen LogP contribution >= 0.6 is 0 Å². The maximum atomic E-state index is 16.0. The van der Waals surface area contributed by atoms with E-state index in [9.17, 15) is 18.0 Å². The van der Waals surface area contributed by atoms with E-state index in [0.717, 1.165) is 29.7 Å². The van der Waals surface area contributed by atoms with Crippen LogP contribution in [0, 0.1) is 11.9 Å². The number of aryl methyl sites for hydroxylation is 2. The molecule has 0 atom stereocenters. The third-order valence-electron chi connectivity index (χ3n) is 11.1. The van der Waals surface area contributed by atoms with Crippen LogP contribution in [0.5, 0.6) is 5.75 Å². The first-order valence-electron chi connectivity index (χ1n) is 17.8. The zero-order chi connectivity index (χ0) is 35.9. The van der Waals surface area contributed by atoms with E-state index in [-0.39, 0.29) is 45.4 Å². The van der Waals surface area contributed by atoms with E-state index in [4.69, 9.17) is 9.72 Å². The molecule has 12 nitrogen and oxygen atoms in total. The molecule has 2 saturated carbocycles. The summed E-state index contributed by atoms with van der Waals surface area (Å²) in [5, 5.41) is 7.79. The molecule has 4 bridgehead atoms. The number of rotatable bonds is 5. The molecule has 2 fully saturated rings. The third-order valence-corrected chi connectivity index (χ3v) is 12.8. The highest BCUT2D eigenvalue weighted by Crippen LogP contribution is 2.47. The largest absolute Gasteiger partial charge is 0.494 e. The van der Waals surface area contributed by atoms with Gasteiger partial charge in [-0.3, -0.25) is 18.6 Å². The number of hydrogen-bond acceptors (Lipinski definition) is 7. The maximum Gasteiger partial charge on any atom is 0.329 e. The van der Waals surface area contributed by atoms with Crippen molar-refractivity contribution in [2.75, 3.05) is 6.61 Å². The highest BCUT2D eigenvalue weighted by molar-refractivity contribution is 7.90. The number of carbonyl (C=O) groups is 1. The summed E-state index contributed by atoms with van der Waals surface area (Å²) in [7, 11) is -1.14. The van der Waals surface area contributed by atoms with Crippen molar-refractivity contribution in [2.24, 2.45) is 20.0 Å². The normalized spacial score (nSPS) is 20.6. The molecule has 4 aromatic heterocycles. The van der Waals surface area contributed by atoms with Gasteiger partial charge in [-0.25, -0.2) is 22.2 Å². The standard InChI is InChI=1S/C38H38FN7O5S/c1-43-22-28(34(39)42-43)32-30-23-11-13-26(14-12-23)51-20-6-17-38(41-36(47)24-9-10-24)18-15-25(16-19-38)45-33-29(44(2)37(45)48)21-40-35(31(30)33)46(32)52(49,50)27-7-4-3-5-8-27/h3-5,7-8,11-14,21-22,24-25H,6,9-10,15-20H2,1-2H3,(H,41,47). The van der Waals surface area contributed by atoms with Crippen molar-refractivity contribution >= 4 is 38.0 Å². The molecule has 12 rings (SSSR count). The highest BCUT2D eigenvalue weighted by Gasteiger charge is 2.42. The molecule has 2 aliphatic carbocycles. The van der Waals surface area contributed by atoms with Gasteiger partial charge < -0.3 is 10.1 Å².